The second-order valence-corrected chi connectivity index (χ2v) is 6.46. The van der Waals surface area contributed by atoms with E-state index in [1.807, 2.05) is 13.8 Å². The maximum atomic E-state index is 12.6. The molecule has 0 fully saturated rings. The van der Waals surface area contributed by atoms with Crippen molar-refractivity contribution in [2.75, 3.05) is 6.54 Å². The van der Waals surface area contributed by atoms with Crippen molar-refractivity contribution < 1.29 is 9.59 Å². The number of imide groups is 1. The summed E-state index contributed by atoms with van der Waals surface area (Å²) < 4.78 is 0. The van der Waals surface area contributed by atoms with Crippen molar-refractivity contribution in [3.05, 3.63) is 45.4 Å². The molecule has 0 spiro atoms. The fourth-order valence-electron chi connectivity index (χ4n) is 2.52. The molecule has 1 heterocycles. The molecule has 0 saturated carbocycles. The summed E-state index contributed by atoms with van der Waals surface area (Å²) in [5.74, 6) is -0.471. The topological polar surface area (TPSA) is 49.4 Å². The summed E-state index contributed by atoms with van der Waals surface area (Å²) in [4.78, 5) is 25.2. The van der Waals surface area contributed by atoms with Crippen LogP contribution in [0.1, 0.15) is 34.6 Å². The number of benzene rings is 2. The predicted molar refractivity (Wildman–Crippen MR) is 87.3 cm³/mol. The van der Waals surface area contributed by atoms with Crippen LogP contribution in [0.4, 0.5) is 0 Å². The molecule has 0 aromatic heterocycles. The van der Waals surface area contributed by atoms with Gasteiger partial charge in [-0.15, -0.1) is 0 Å². The molecule has 1 aliphatic rings. The highest BCUT2D eigenvalue weighted by molar-refractivity contribution is 6.44. The first-order chi connectivity index (χ1) is 10.4. The highest BCUT2D eigenvalue weighted by atomic mass is 35.5. The van der Waals surface area contributed by atoms with Crippen LogP contribution in [0.5, 0.6) is 0 Å². The van der Waals surface area contributed by atoms with Crippen molar-refractivity contribution in [2.24, 2.45) is 5.92 Å². The van der Waals surface area contributed by atoms with Crippen LogP contribution in [0.15, 0.2) is 24.3 Å². The Bertz CT molecular complexity index is 746. The van der Waals surface area contributed by atoms with E-state index in [4.69, 9.17) is 23.2 Å². The number of nitrogens with one attached hydrogen (secondary N) is 1. The molecule has 114 valence electrons. The largest absolute Gasteiger partial charge is 0.275 e. The first-order valence-electron chi connectivity index (χ1n) is 6.94. The van der Waals surface area contributed by atoms with E-state index in [-0.39, 0.29) is 11.8 Å². The minimum Gasteiger partial charge on any atom is -0.267 e. The van der Waals surface area contributed by atoms with E-state index in [1.165, 1.54) is 0 Å². The van der Waals surface area contributed by atoms with Crippen molar-refractivity contribution in [3.8, 4) is 0 Å². The Hall–Kier alpha value is -1.62. The molecule has 0 unspecified atom stereocenters. The second kappa shape index (κ2) is 5.54. The number of carbonyl (C=O) groups is 2. The summed E-state index contributed by atoms with van der Waals surface area (Å²) in [6.07, 6.45) is 0. The lowest BCUT2D eigenvalue weighted by atomic mass is 9.95. The number of hydrogen-bond donors (Lipinski definition) is 1. The number of hydrazine groups is 1. The number of nitrogens with zero attached hydrogens (tertiary/aromatic N) is 1. The lowest BCUT2D eigenvalue weighted by molar-refractivity contribution is 0.0513. The molecule has 6 heteroatoms. The average molecular weight is 337 g/mol. The Kier molecular flexibility index (Phi) is 3.85. The third kappa shape index (κ3) is 2.28. The summed E-state index contributed by atoms with van der Waals surface area (Å²) in [6.45, 7) is 4.53. The van der Waals surface area contributed by atoms with E-state index < -0.39 is 0 Å². The molecule has 2 aromatic carbocycles. The van der Waals surface area contributed by atoms with Gasteiger partial charge in [0.1, 0.15) is 0 Å². The number of rotatable bonds is 3. The van der Waals surface area contributed by atoms with Gasteiger partial charge in [0.15, 0.2) is 0 Å². The summed E-state index contributed by atoms with van der Waals surface area (Å²) in [5, 5.41) is 2.99. The molecule has 2 amide bonds. The van der Waals surface area contributed by atoms with Crippen LogP contribution in [0.25, 0.3) is 10.8 Å². The predicted octanol–water partition coefficient (Wildman–Crippen LogP) is 3.90. The fourth-order valence-corrected chi connectivity index (χ4v) is 3.09. The minimum absolute atomic E-state index is 0.303. The van der Waals surface area contributed by atoms with E-state index in [0.717, 1.165) is 5.01 Å². The fraction of sp³-hybridized carbons (Fsp3) is 0.250. The normalized spacial score (nSPS) is 14.3. The molecular weight excluding hydrogens is 323 g/mol. The highest BCUT2D eigenvalue weighted by Crippen LogP contribution is 2.37. The van der Waals surface area contributed by atoms with Gasteiger partial charge in [0.25, 0.3) is 11.8 Å². The van der Waals surface area contributed by atoms with Gasteiger partial charge in [0.05, 0.1) is 11.1 Å². The van der Waals surface area contributed by atoms with Crippen LogP contribution in [-0.2, 0) is 0 Å². The Morgan fingerprint density at radius 3 is 1.91 bits per heavy atom. The van der Waals surface area contributed by atoms with Gasteiger partial charge in [0, 0.05) is 27.4 Å². The number of halogens is 2. The van der Waals surface area contributed by atoms with E-state index in [0.29, 0.717) is 44.4 Å². The smallest absolute Gasteiger partial charge is 0.267 e. The molecule has 22 heavy (non-hydrogen) atoms. The van der Waals surface area contributed by atoms with Crippen molar-refractivity contribution in [1.29, 1.82) is 0 Å². The molecule has 4 nitrogen and oxygen atoms in total. The molecule has 1 N–H and O–H groups in total. The van der Waals surface area contributed by atoms with Crippen molar-refractivity contribution in [2.45, 2.75) is 13.8 Å². The van der Waals surface area contributed by atoms with Crippen LogP contribution < -0.4 is 5.43 Å². The van der Waals surface area contributed by atoms with Crippen molar-refractivity contribution in [1.82, 2.24) is 10.4 Å². The summed E-state index contributed by atoms with van der Waals surface area (Å²) in [6, 6.07) is 6.51. The SMILES string of the molecule is CC(C)CNN1C(=O)c2ccc(Cl)c3c(Cl)ccc(c23)C1=O. The zero-order valence-electron chi connectivity index (χ0n) is 12.1. The molecule has 0 bridgehead atoms. The molecule has 0 saturated heterocycles. The Morgan fingerprint density at radius 1 is 0.955 bits per heavy atom. The third-order valence-corrected chi connectivity index (χ3v) is 4.21. The molecule has 2 aromatic rings. The monoisotopic (exact) mass is 336 g/mol. The van der Waals surface area contributed by atoms with E-state index in [9.17, 15) is 9.59 Å². The molecule has 0 aliphatic carbocycles. The molecule has 0 radical (unpaired) electrons. The van der Waals surface area contributed by atoms with Gasteiger partial charge in [-0.25, -0.2) is 10.4 Å². The number of amides is 2. The Morgan fingerprint density at radius 2 is 1.45 bits per heavy atom. The Balaban J connectivity index is 2.20. The van der Waals surface area contributed by atoms with Gasteiger partial charge in [-0.2, -0.15) is 0 Å². The van der Waals surface area contributed by atoms with Crippen LogP contribution in [0.3, 0.4) is 0 Å². The minimum atomic E-state index is -0.387. The van der Waals surface area contributed by atoms with Crippen LogP contribution in [-0.4, -0.2) is 23.4 Å². The highest BCUT2D eigenvalue weighted by Gasteiger charge is 2.34. The van der Waals surface area contributed by atoms with Gasteiger partial charge < -0.3 is 0 Å². The van der Waals surface area contributed by atoms with Gasteiger partial charge in [0.2, 0.25) is 0 Å². The van der Waals surface area contributed by atoms with E-state index in [1.54, 1.807) is 24.3 Å². The standard InChI is InChI=1S/C16H14Cl2N2O2/c1-8(2)7-19-20-15(21)9-3-5-11(17)14-12(18)6-4-10(13(9)14)16(20)22/h3-6,8,19H,7H2,1-2H3. The maximum absolute atomic E-state index is 12.6. The lowest BCUT2D eigenvalue weighted by Gasteiger charge is -2.28. The first kappa shape index (κ1) is 15.3. The van der Waals surface area contributed by atoms with Gasteiger partial charge in [-0.05, 0) is 30.2 Å². The molecular formula is C16H14Cl2N2O2. The van der Waals surface area contributed by atoms with Crippen LogP contribution in [0, 0.1) is 5.92 Å². The van der Waals surface area contributed by atoms with Gasteiger partial charge in [-0.1, -0.05) is 37.0 Å². The zero-order chi connectivity index (χ0) is 16.0. The van der Waals surface area contributed by atoms with E-state index in [2.05, 4.69) is 5.43 Å². The quantitative estimate of drug-likeness (QED) is 0.864. The summed E-state index contributed by atoms with van der Waals surface area (Å²) in [7, 11) is 0. The third-order valence-electron chi connectivity index (χ3n) is 3.58. The summed E-state index contributed by atoms with van der Waals surface area (Å²) >= 11 is 12.4. The van der Waals surface area contributed by atoms with Gasteiger partial charge >= 0.3 is 0 Å². The zero-order valence-corrected chi connectivity index (χ0v) is 13.6. The van der Waals surface area contributed by atoms with Crippen LogP contribution in [0.2, 0.25) is 10.0 Å². The molecule has 0 atom stereocenters. The van der Waals surface area contributed by atoms with E-state index >= 15 is 0 Å². The van der Waals surface area contributed by atoms with Crippen LogP contribution >= 0.6 is 23.2 Å². The summed E-state index contributed by atoms with van der Waals surface area (Å²) in [5.41, 5.74) is 3.75. The van der Waals surface area contributed by atoms with Gasteiger partial charge in [-0.3, -0.25) is 9.59 Å². The molecule has 3 rings (SSSR count). The first-order valence-corrected chi connectivity index (χ1v) is 7.70. The average Bonchev–Trinajstić information content (AvgIpc) is 2.46. The van der Waals surface area contributed by atoms with Crippen molar-refractivity contribution in [3.63, 3.8) is 0 Å². The second-order valence-electron chi connectivity index (χ2n) is 5.64. The number of hydrogen-bond acceptors (Lipinski definition) is 3. The maximum Gasteiger partial charge on any atom is 0.275 e. The van der Waals surface area contributed by atoms with Crippen molar-refractivity contribution >= 4 is 45.8 Å². The number of carbonyl (C=O) groups excluding carboxylic acids is 2. The lowest BCUT2D eigenvalue weighted by Crippen LogP contribution is -2.50. The Labute approximate surface area is 138 Å². The molecule has 1 aliphatic heterocycles.